The van der Waals surface area contributed by atoms with E-state index in [1.165, 1.54) is 12.1 Å². The molecular formula is C23H26O11. The van der Waals surface area contributed by atoms with Crippen LogP contribution < -0.4 is 4.74 Å². The number of aromatic hydroxyl groups is 1. The molecule has 11 heteroatoms. The van der Waals surface area contributed by atoms with Gasteiger partial charge in [0.15, 0.2) is 30.0 Å². The van der Waals surface area contributed by atoms with E-state index in [0.717, 1.165) is 24.0 Å². The summed E-state index contributed by atoms with van der Waals surface area (Å²) in [5, 5.41) is 60.8. The van der Waals surface area contributed by atoms with Gasteiger partial charge >= 0.3 is 11.9 Å². The van der Waals surface area contributed by atoms with Gasteiger partial charge in [-0.05, 0) is 49.3 Å². The molecule has 0 radical (unpaired) electrons. The van der Waals surface area contributed by atoms with Gasteiger partial charge in [0.05, 0.1) is 11.0 Å². The molecule has 1 heterocycles. The van der Waals surface area contributed by atoms with Crippen LogP contribution in [0.25, 0.3) is 0 Å². The Hall–Kier alpha value is -2.70. The van der Waals surface area contributed by atoms with Crippen molar-refractivity contribution >= 4 is 11.9 Å². The van der Waals surface area contributed by atoms with Crippen molar-refractivity contribution in [3.8, 4) is 11.5 Å². The smallest absolute Gasteiger partial charge is 0.343 e. The molecule has 184 valence electrons. The summed E-state index contributed by atoms with van der Waals surface area (Å²) in [5.74, 6) is -2.60. The van der Waals surface area contributed by atoms with Crippen molar-refractivity contribution in [1.29, 1.82) is 0 Å². The molecule has 0 saturated heterocycles. The van der Waals surface area contributed by atoms with Gasteiger partial charge in [0.2, 0.25) is 0 Å². The number of hydrogen-bond acceptors (Lipinski definition) is 10. The standard InChI is InChI=1S/C23H26O11/c24-12-4-3-10-8-11-2-1-6-22-15(10)18(12)34-19(22)13(5-7-23(11,22)31)33-21(30)17(28)16(27)20(29)32-9-14(25)26/h3-5,11,16-17,19-20,24,27-29,31H,1-2,6-9H2,(H,25,26)/t11-,16-,17-,19+,20?,22+,23-/m1/s1. The van der Waals surface area contributed by atoms with Crippen molar-refractivity contribution in [3.05, 3.63) is 35.1 Å². The zero-order valence-electron chi connectivity index (χ0n) is 18.1. The number of rotatable bonds is 7. The number of carboxylic acid groups (broad SMARTS) is 1. The quantitative estimate of drug-likeness (QED) is 0.218. The van der Waals surface area contributed by atoms with E-state index in [1.54, 1.807) is 0 Å². The van der Waals surface area contributed by atoms with Gasteiger partial charge in [-0.15, -0.1) is 0 Å². The largest absolute Gasteiger partial charge is 0.504 e. The number of carbonyl (C=O) groups is 2. The summed E-state index contributed by atoms with van der Waals surface area (Å²) in [6.45, 7) is -0.951. The third-order valence-corrected chi connectivity index (χ3v) is 7.72. The van der Waals surface area contributed by atoms with Crippen LogP contribution in [-0.2, 0) is 30.9 Å². The zero-order chi connectivity index (χ0) is 24.4. The maximum absolute atomic E-state index is 12.6. The maximum Gasteiger partial charge on any atom is 0.343 e. The Kier molecular flexibility index (Phi) is 5.37. The first-order valence-electron chi connectivity index (χ1n) is 11.1. The lowest BCUT2D eigenvalue weighted by Gasteiger charge is -2.59. The predicted molar refractivity (Wildman–Crippen MR) is 111 cm³/mol. The first-order valence-corrected chi connectivity index (χ1v) is 11.1. The minimum absolute atomic E-state index is 0.0194. The first kappa shape index (κ1) is 23.1. The highest BCUT2D eigenvalue weighted by molar-refractivity contribution is 5.77. The summed E-state index contributed by atoms with van der Waals surface area (Å²) in [5.41, 5.74) is -0.436. The third-order valence-electron chi connectivity index (χ3n) is 7.72. The molecule has 1 unspecified atom stereocenters. The number of phenolic OH excluding ortho intramolecular Hbond substituents is 1. The van der Waals surface area contributed by atoms with Gasteiger partial charge in [-0.1, -0.05) is 12.5 Å². The Bertz CT molecular complexity index is 1070. The number of hydrogen-bond donors (Lipinski definition) is 6. The van der Waals surface area contributed by atoms with E-state index in [9.17, 15) is 35.1 Å². The van der Waals surface area contributed by atoms with Gasteiger partial charge in [-0.2, -0.15) is 0 Å². The van der Waals surface area contributed by atoms with Crippen molar-refractivity contribution in [3.63, 3.8) is 0 Å². The molecule has 2 bridgehead atoms. The van der Waals surface area contributed by atoms with Gasteiger partial charge in [0, 0.05) is 5.56 Å². The van der Waals surface area contributed by atoms with Crippen LogP contribution in [0.1, 0.15) is 36.8 Å². The van der Waals surface area contributed by atoms with Crippen LogP contribution in [0.2, 0.25) is 0 Å². The van der Waals surface area contributed by atoms with Gasteiger partial charge in [0.25, 0.3) is 0 Å². The Morgan fingerprint density at radius 2 is 2.00 bits per heavy atom. The van der Waals surface area contributed by atoms with Crippen molar-refractivity contribution in [1.82, 2.24) is 0 Å². The number of esters is 1. The highest BCUT2D eigenvalue weighted by Crippen LogP contribution is 2.67. The monoisotopic (exact) mass is 478 g/mol. The molecule has 1 spiro atoms. The van der Waals surface area contributed by atoms with Crippen LogP contribution in [0, 0.1) is 5.92 Å². The molecule has 3 aliphatic carbocycles. The minimum Gasteiger partial charge on any atom is -0.504 e. The van der Waals surface area contributed by atoms with E-state index in [4.69, 9.17) is 14.6 Å². The molecule has 34 heavy (non-hydrogen) atoms. The number of aliphatic hydroxyl groups is 4. The van der Waals surface area contributed by atoms with Crippen LogP contribution in [0.15, 0.2) is 24.0 Å². The molecule has 6 N–H and O–H groups in total. The van der Waals surface area contributed by atoms with E-state index in [1.807, 2.05) is 6.07 Å². The van der Waals surface area contributed by atoms with Gasteiger partial charge < -0.3 is 44.8 Å². The molecule has 4 aliphatic rings. The molecule has 0 aromatic heterocycles. The Morgan fingerprint density at radius 3 is 2.74 bits per heavy atom. The number of carboxylic acids is 1. The lowest BCUT2D eigenvalue weighted by atomic mass is 9.47. The highest BCUT2D eigenvalue weighted by atomic mass is 16.6. The van der Waals surface area contributed by atoms with Crippen molar-refractivity contribution < 1.29 is 54.4 Å². The highest BCUT2D eigenvalue weighted by Gasteiger charge is 2.70. The number of phenols is 1. The Morgan fingerprint density at radius 1 is 1.24 bits per heavy atom. The number of benzene rings is 1. The third kappa shape index (κ3) is 3.08. The van der Waals surface area contributed by atoms with Crippen LogP contribution in [-0.4, -0.2) is 79.4 Å². The molecule has 1 aromatic carbocycles. The average Bonchev–Trinajstić information content (AvgIpc) is 3.15. The molecule has 11 nitrogen and oxygen atoms in total. The number of aliphatic carboxylic acids is 1. The first-order chi connectivity index (χ1) is 16.1. The second-order valence-corrected chi connectivity index (χ2v) is 9.40. The lowest BCUT2D eigenvalue weighted by Crippen LogP contribution is -2.67. The van der Waals surface area contributed by atoms with E-state index < -0.39 is 54.2 Å². The molecule has 1 aliphatic heterocycles. The van der Waals surface area contributed by atoms with Crippen LogP contribution in [0.3, 0.4) is 0 Å². The zero-order valence-corrected chi connectivity index (χ0v) is 18.1. The predicted octanol–water partition coefficient (Wildman–Crippen LogP) is -0.549. The van der Waals surface area contributed by atoms with Gasteiger partial charge in [-0.3, -0.25) is 0 Å². The summed E-state index contributed by atoms with van der Waals surface area (Å²) >= 11 is 0. The van der Waals surface area contributed by atoms with Crippen LogP contribution in [0.5, 0.6) is 11.5 Å². The molecule has 5 rings (SSSR count). The van der Waals surface area contributed by atoms with E-state index in [0.29, 0.717) is 12.8 Å². The average molecular weight is 478 g/mol. The van der Waals surface area contributed by atoms with Gasteiger partial charge in [-0.25, -0.2) is 9.59 Å². The number of aliphatic hydroxyl groups excluding tert-OH is 3. The normalized spacial score (nSPS) is 33.1. The molecular weight excluding hydrogens is 452 g/mol. The van der Waals surface area contributed by atoms with Crippen molar-refractivity contribution in [2.45, 2.75) is 67.7 Å². The molecule has 1 fully saturated rings. The fourth-order valence-electron chi connectivity index (χ4n) is 6.26. The fourth-order valence-corrected chi connectivity index (χ4v) is 6.26. The molecule has 0 amide bonds. The van der Waals surface area contributed by atoms with E-state index >= 15 is 0 Å². The maximum atomic E-state index is 12.6. The number of ether oxygens (including phenoxy) is 3. The molecule has 1 saturated carbocycles. The topological polar surface area (TPSA) is 183 Å². The summed E-state index contributed by atoms with van der Waals surface area (Å²) in [4.78, 5) is 23.2. The van der Waals surface area contributed by atoms with Crippen LogP contribution in [0.4, 0.5) is 0 Å². The van der Waals surface area contributed by atoms with Crippen molar-refractivity contribution in [2.75, 3.05) is 6.61 Å². The van der Waals surface area contributed by atoms with Crippen molar-refractivity contribution in [2.24, 2.45) is 5.92 Å². The van der Waals surface area contributed by atoms with Crippen LogP contribution >= 0.6 is 0 Å². The number of carbonyl (C=O) groups excluding carboxylic acids is 1. The van der Waals surface area contributed by atoms with Gasteiger partial charge in [0.1, 0.15) is 18.5 Å². The van der Waals surface area contributed by atoms with E-state index in [2.05, 4.69) is 4.74 Å². The summed E-state index contributed by atoms with van der Waals surface area (Å²) < 4.78 is 16.0. The molecule has 1 aromatic rings. The minimum atomic E-state index is -2.25. The summed E-state index contributed by atoms with van der Waals surface area (Å²) in [6, 6.07) is 3.36. The van der Waals surface area contributed by atoms with E-state index in [-0.39, 0.29) is 29.6 Å². The SMILES string of the molecule is O=C(O)COC(O)[C@H](O)[C@@H](O)C(=O)OC1=CC[C@@]2(O)[C@@H]3CCC[C@@]24c2c(ccc(O)c2O[C@@H]14)C3. The second kappa shape index (κ2) is 7.92. The fraction of sp³-hybridized carbons (Fsp3) is 0.565. The molecule has 7 atom stereocenters. The Labute approximate surface area is 193 Å². The Balaban J connectivity index is 1.43. The summed E-state index contributed by atoms with van der Waals surface area (Å²) in [7, 11) is 0. The lowest BCUT2D eigenvalue weighted by molar-refractivity contribution is -0.204. The second-order valence-electron chi connectivity index (χ2n) is 9.40. The summed E-state index contributed by atoms with van der Waals surface area (Å²) in [6.07, 6.45) is -3.03.